The zero-order valence-corrected chi connectivity index (χ0v) is 8.28. The summed E-state index contributed by atoms with van der Waals surface area (Å²) in [5.74, 6) is 0. The topological polar surface area (TPSA) is 0 Å². The molecule has 0 atom stereocenters. The summed E-state index contributed by atoms with van der Waals surface area (Å²) in [6.07, 6.45) is 4.27. The second kappa shape index (κ2) is 3.43. The average Bonchev–Trinajstić information content (AvgIpc) is 2.34. The molecule has 0 amide bonds. The normalized spacial score (nSPS) is 12.6. The number of fused-ring (bicyclic) bond motifs is 1. The molecule has 0 radical (unpaired) electrons. The fourth-order valence-electron chi connectivity index (χ4n) is 1.10. The molecule has 1 aromatic carbocycles. The number of halogens is 1. The third kappa shape index (κ3) is 1.50. The first kappa shape index (κ1) is 8.84. The van der Waals surface area contributed by atoms with Crippen molar-refractivity contribution in [3.8, 4) is 0 Å². The van der Waals surface area contributed by atoms with Crippen molar-refractivity contribution >= 4 is 22.6 Å². The van der Waals surface area contributed by atoms with Gasteiger partial charge < -0.3 is 0 Å². The molecule has 0 spiro atoms. The molecule has 2 rings (SSSR count). The summed E-state index contributed by atoms with van der Waals surface area (Å²) < 4.78 is 1.30. The van der Waals surface area contributed by atoms with Crippen LogP contribution in [0.4, 0.5) is 0 Å². The molecule has 0 aliphatic heterocycles. The molecular weight excluding hydrogens is 245 g/mol. The van der Waals surface area contributed by atoms with Crippen molar-refractivity contribution in [3.05, 3.63) is 41.5 Å². The van der Waals surface area contributed by atoms with Crippen LogP contribution in [0.2, 0.25) is 0 Å². The molecule has 0 bridgehead atoms. The van der Waals surface area contributed by atoms with E-state index in [1.807, 2.05) is 0 Å². The van der Waals surface area contributed by atoms with E-state index in [1.165, 1.54) is 15.2 Å². The standard InChI is InChI=1S/C9H6.ClH.Ru/c1-2-5-9-7-3-6-8(9)4-1;;/h1-6H;1H;. The molecule has 0 saturated carbocycles. The first-order valence-corrected chi connectivity index (χ1v) is 4.03. The van der Waals surface area contributed by atoms with Crippen molar-refractivity contribution in [3.63, 3.8) is 0 Å². The molecule has 1 aliphatic rings. The Morgan fingerprint density at radius 1 is 1.00 bits per heavy atom. The van der Waals surface area contributed by atoms with E-state index >= 15 is 0 Å². The van der Waals surface area contributed by atoms with Crippen molar-refractivity contribution in [2.75, 3.05) is 0 Å². The van der Waals surface area contributed by atoms with E-state index in [1.54, 1.807) is 0 Å². The summed E-state index contributed by atoms with van der Waals surface area (Å²) in [6, 6.07) is 8.40. The van der Waals surface area contributed by atoms with Gasteiger partial charge in [-0.2, -0.15) is 0 Å². The quantitative estimate of drug-likeness (QED) is 0.620. The van der Waals surface area contributed by atoms with Gasteiger partial charge in [-0.05, 0) is 0 Å². The van der Waals surface area contributed by atoms with Crippen LogP contribution in [-0.4, -0.2) is 4.11 Å². The van der Waals surface area contributed by atoms with Crippen LogP contribution in [0, 0.1) is 0 Å². The molecule has 0 N–H and O–H groups in total. The van der Waals surface area contributed by atoms with Gasteiger partial charge >= 0.3 is 69.5 Å². The van der Waals surface area contributed by atoms with Gasteiger partial charge in [0.1, 0.15) is 0 Å². The molecule has 0 aromatic heterocycles. The molecule has 1 aromatic rings. The van der Waals surface area contributed by atoms with Crippen molar-refractivity contribution in [2.24, 2.45) is 0 Å². The number of allylic oxidation sites excluding steroid dienone is 1. The van der Waals surface area contributed by atoms with Crippen molar-refractivity contribution < 1.29 is 17.9 Å². The first-order chi connectivity index (χ1) is 4.88. The van der Waals surface area contributed by atoms with Crippen LogP contribution in [0.25, 0.3) is 6.08 Å². The van der Waals surface area contributed by atoms with E-state index in [0.29, 0.717) is 0 Å². The SMILES string of the molecule is Cl.[Ru]=[C]1C=Cc2ccccc21. The predicted molar refractivity (Wildman–Crippen MR) is 46.8 cm³/mol. The van der Waals surface area contributed by atoms with Gasteiger partial charge in [0.05, 0.1) is 0 Å². The number of rotatable bonds is 0. The second-order valence-electron chi connectivity index (χ2n) is 2.26. The second-order valence-corrected chi connectivity index (χ2v) is 3.19. The molecule has 58 valence electrons. The predicted octanol–water partition coefficient (Wildman–Crippen LogP) is 2.20. The summed E-state index contributed by atoms with van der Waals surface area (Å²) >= 11 is 2.64. The summed E-state index contributed by atoms with van der Waals surface area (Å²) in [7, 11) is 0. The van der Waals surface area contributed by atoms with E-state index < -0.39 is 0 Å². The monoisotopic (exact) mass is 252 g/mol. The third-order valence-corrected chi connectivity index (χ3v) is 2.37. The van der Waals surface area contributed by atoms with Gasteiger partial charge in [-0.3, -0.25) is 0 Å². The number of hydrogen-bond acceptors (Lipinski definition) is 0. The zero-order chi connectivity index (χ0) is 6.97. The summed E-state index contributed by atoms with van der Waals surface area (Å²) in [4.78, 5) is 0. The van der Waals surface area contributed by atoms with Crippen LogP contribution < -0.4 is 0 Å². The maximum absolute atomic E-state index is 2.64. The third-order valence-electron chi connectivity index (χ3n) is 1.62. The number of hydrogen-bond donors (Lipinski definition) is 0. The Hall–Kier alpha value is -0.257. The molecular formula is C9H7ClRu. The first-order valence-electron chi connectivity index (χ1n) is 3.16. The molecule has 0 fully saturated rings. The number of benzene rings is 1. The van der Waals surface area contributed by atoms with Gasteiger partial charge in [-0.15, -0.1) is 12.4 Å². The van der Waals surface area contributed by atoms with Gasteiger partial charge in [-0.1, -0.05) is 0 Å². The van der Waals surface area contributed by atoms with E-state index in [9.17, 15) is 0 Å². The van der Waals surface area contributed by atoms with Gasteiger partial charge in [0.2, 0.25) is 0 Å². The summed E-state index contributed by atoms with van der Waals surface area (Å²) in [5, 5.41) is 0. The van der Waals surface area contributed by atoms with Crippen molar-refractivity contribution in [1.82, 2.24) is 0 Å². The Labute approximate surface area is 81.9 Å². The van der Waals surface area contributed by atoms with Crippen molar-refractivity contribution in [1.29, 1.82) is 0 Å². The van der Waals surface area contributed by atoms with E-state index in [0.717, 1.165) is 0 Å². The fraction of sp³-hybridized carbons (Fsp3) is 0. The molecule has 0 unspecified atom stereocenters. The van der Waals surface area contributed by atoms with Crippen LogP contribution in [0.1, 0.15) is 11.1 Å². The van der Waals surface area contributed by atoms with Gasteiger partial charge in [0.15, 0.2) is 0 Å². The molecule has 1 aliphatic carbocycles. The summed E-state index contributed by atoms with van der Waals surface area (Å²) in [6.45, 7) is 0. The minimum atomic E-state index is 0. The zero-order valence-electron chi connectivity index (χ0n) is 5.73. The van der Waals surface area contributed by atoms with Crippen LogP contribution in [0.5, 0.6) is 0 Å². The Morgan fingerprint density at radius 2 is 1.73 bits per heavy atom. The molecule has 0 saturated heterocycles. The molecule has 11 heavy (non-hydrogen) atoms. The Kier molecular flexibility index (Phi) is 2.75. The van der Waals surface area contributed by atoms with Gasteiger partial charge in [0.25, 0.3) is 0 Å². The summed E-state index contributed by atoms with van der Waals surface area (Å²) in [5.41, 5.74) is 2.68. The van der Waals surface area contributed by atoms with Crippen LogP contribution in [0.15, 0.2) is 30.3 Å². The Bertz CT molecular complexity index is 315. The van der Waals surface area contributed by atoms with Gasteiger partial charge in [0, 0.05) is 0 Å². The Balaban J connectivity index is 0.000000605. The molecule has 2 heteroatoms. The van der Waals surface area contributed by atoms with Crippen LogP contribution >= 0.6 is 12.4 Å². The molecule has 0 heterocycles. The van der Waals surface area contributed by atoms with Gasteiger partial charge in [-0.25, -0.2) is 0 Å². The Morgan fingerprint density at radius 3 is 2.45 bits per heavy atom. The average molecular weight is 252 g/mol. The van der Waals surface area contributed by atoms with E-state index in [-0.39, 0.29) is 12.4 Å². The molecule has 0 nitrogen and oxygen atoms in total. The van der Waals surface area contributed by atoms with Crippen LogP contribution in [0.3, 0.4) is 0 Å². The van der Waals surface area contributed by atoms with Crippen molar-refractivity contribution in [2.45, 2.75) is 0 Å². The maximum atomic E-state index is 2.64. The van der Waals surface area contributed by atoms with Crippen LogP contribution in [-0.2, 0) is 17.9 Å². The minimum absolute atomic E-state index is 0. The van der Waals surface area contributed by atoms with E-state index in [2.05, 4.69) is 54.3 Å². The van der Waals surface area contributed by atoms with E-state index in [4.69, 9.17) is 0 Å². The fourth-order valence-corrected chi connectivity index (χ4v) is 1.65.